The number of imidazole rings is 2. The summed E-state index contributed by atoms with van der Waals surface area (Å²) in [6.07, 6.45) is -0.117. The van der Waals surface area contributed by atoms with Crippen LogP contribution in [0.1, 0.15) is 93.2 Å². The number of ether oxygens (including phenoxy) is 3. The molecule has 4 N–H and O–H groups in total. The van der Waals surface area contributed by atoms with Crippen molar-refractivity contribution in [1.29, 1.82) is 0 Å². The zero-order chi connectivity index (χ0) is 49.5. The lowest BCUT2D eigenvalue weighted by molar-refractivity contribution is -0.138. The molecule has 0 radical (unpaired) electrons. The van der Waals surface area contributed by atoms with Crippen molar-refractivity contribution in [1.82, 2.24) is 49.9 Å². The normalized spacial score (nSPS) is 21.3. The number of nitrogens with one attached hydrogen (secondary N) is 4. The lowest BCUT2D eigenvalue weighted by Crippen LogP contribution is -2.52. The molecule has 0 spiro atoms. The number of thiazole rings is 1. The minimum absolute atomic E-state index is 0.0370. The highest BCUT2D eigenvalue weighted by atomic mass is 32.1. The van der Waals surface area contributed by atoms with E-state index in [-0.39, 0.29) is 51.9 Å². The molecule has 3 fully saturated rings. The molecule has 3 aliphatic heterocycles. The molecule has 1 unspecified atom stereocenters. The first-order chi connectivity index (χ1) is 33.4. The van der Waals surface area contributed by atoms with Gasteiger partial charge in [-0.3, -0.25) is 14.2 Å². The third-order valence-electron chi connectivity index (χ3n) is 13.8. The highest BCUT2D eigenvalue weighted by Crippen LogP contribution is 2.54. The van der Waals surface area contributed by atoms with E-state index in [2.05, 4.69) is 30.6 Å². The molecule has 0 bridgehead atoms. The second-order valence-corrected chi connectivity index (χ2v) is 19.9. The molecule has 22 heteroatoms. The van der Waals surface area contributed by atoms with Crippen molar-refractivity contribution < 1.29 is 51.0 Å². The fraction of sp³-hybridized carbons (Fsp3) is 0.438. The van der Waals surface area contributed by atoms with Gasteiger partial charge >= 0.3 is 18.4 Å². The van der Waals surface area contributed by atoms with Crippen LogP contribution in [0.5, 0.6) is 5.75 Å². The first kappa shape index (κ1) is 46.7. The molecule has 70 heavy (non-hydrogen) atoms. The SMILES string of the molecule is COC(=O)N[C@H](C(=O)N1CCC[C@H]1c1ncc(-c2cc(F)c3c(c2)OC(c2cnc(C(F)(F)F)s2)n2c-3cc3cc(-c4cnc([C@@H]5C[C@H]6C[C@H]6N5C(=O)[C@@H](NC(=O)OC)C(C)C)[nH]4)ccc32)[nH]1)C(C)C. The number of rotatable bonds is 11. The number of amides is 4. The lowest BCUT2D eigenvalue weighted by atomic mass is 10.0. The zero-order valence-corrected chi connectivity index (χ0v) is 39.7. The molecule has 4 amide bonds. The third kappa shape index (κ3) is 8.27. The number of nitrogens with zero attached hydrogens (tertiary/aromatic N) is 6. The fourth-order valence-electron chi connectivity index (χ4n) is 10.2. The van der Waals surface area contributed by atoms with E-state index in [9.17, 15) is 32.3 Å². The standard InChI is InChI=1S/C48H50F4N10O7S/c1-21(2)38(58-46(65)67-5)42(63)60-11-7-8-31(60)40-53-19-29(57-40)24-13-27(49)37-33-15-25-12-23(9-10-30(25)62(33)44(69-35(37)17-24)36-20-55-45(70-36)48(50,51)52)28-18-54-41(56-28)34-16-26-14-32(26)61(34)43(64)39(22(3)4)59-47(66)68-6/h9-10,12-13,15,17-22,26,31-32,34,38-39,44H,7-8,11,14,16H2,1-6H3,(H,53,57)(H,54,56)(H,58,65)(H,59,66)/t26-,31+,32-,34+,38+,39+,44?/m1/s1. The van der Waals surface area contributed by atoms with Gasteiger partial charge in [-0.05, 0) is 73.8 Å². The summed E-state index contributed by atoms with van der Waals surface area (Å²) in [7, 11) is 2.48. The largest absolute Gasteiger partial charge is 0.464 e. The number of H-pyrrole nitrogens is 2. The molecule has 4 aromatic heterocycles. The topological polar surface area (TPSA) is 202 Å². The maximum atomic E-state index is 16.8. The molecule has 6 aromatic rings. The van der Waals surface area contributed by atoms with Crippen LogP contribution in [0, 0.1) is 23.6 Å². The average molecular weight is 987 g/mol. The van der Waals surface area contributed by atoms with Crippen LogP contribution in [0.25, 0.3) is 44.7 Å². The number of aromatic amines is 2. The second kappa shape index (κ2) is 17.8. The molecule has 2 aromatic carbocycles. The van der Waals surface area contributed by atoms with Gasteiger partial charge in [-0.2, -0.15) is 13.2 Å². The Morgan fingerprint density at radius 2 is 1.49 bits per heavy atom. The second-order valence-electron chi connectivity index (χ2n) is 18.9. The summed E-state index contributed by atoms with van der Waals surface area (Å²) in [5.74, 6) is -0.156. The number of hydrogen-bond acceptors (Lipinski definition) is 11. The van der Waals surface area contributed by atoms with Crippen molar-refractivity contribution in [3.8, 4) is 39.5 Å². The number of halogens is 4. The van der Waals surface area contributed by atoms with Crippen molar-refractivity contribution >= 4 is 46.2 Å². The number of alkyl carbamates (subject to hydrolysis) is 2. The third-order valence-corrected chi connectivity index (χ3v) is 14.8. The molecule has 1 aliphatic carbocycles. The van der Waals surface area contributed by atoms with E-state index in [4.69, 9.17) is 19.2 Å². The summed E-state index contributed by atoms with van der Waals surface area (Å²) in [6, 6.07) is 7.78. The Kier molecular flexibility index (Phi) is 11.9. The molecule has 4 aliphatic rings. The van der Waals surface area contributed by atoms with Gasteiger partial charge in [0, 0.05) is 35.3 Å². The number of benzene rings is 2. The Hall–Kier alpha value is -6.97. The number of piperidine rings is 1. The molecule has 368 valence electrons. The van der Waals surface area contributed by atoms with Crippen LogP contribution in [0.15, 0.2) is 55.0 Å². The Morgan fingerprint density at radius 3 is 2.13 bits per heavy atom. The monoisotopic (exact) mass is 986 g/mol. The van der Waals surface area contributed by atoms with Crippen LogP contribution in [-0.4, -0.2) is 102 Å². The van der Waals surface area contributed by atoms with Crippen LogP contribution in [0.4, 0.5) is 27.2 Å². The van der Waals surface area contributed by atoms with Gasteiger partial charge in [0.1, 0.15) is 35.3 Å². The van der Waals surface area contributed by atoms with Crippen molar-refractivity contribution in [2.24, 2.45) is 17.8 Å². The van der Waals surface area contributed by atoms with E-state index in [1.807, 2.05) is 44.7 Å². The van der Waals surface area contributed by atoms with E-state index in [0.717, 1.165) is 12.6 Å². The summed E-state index contributed by atoms with van der Waals surface area (Å²) >= 11 is 0.434. The Morgan fingerprint density at radius 1 is 0.829 bits per heavy atom. The van der Waals surface area contributed by atoms with E-state index >= 15 is 4.39 Å². The molecule has 7 atom stereocenters. The van der Waals surface area contributed by atoms with E-state index in [0.29, 0.717) is 93.8 Å². The van der Waals surface area contributed by atoms with Gasteiger partial charge in [-0.1, -0.05) is 33.8 Å². The number of aromatic nitrogens is 6. The summed E-state index contributed by atoms with van der Waals surface area (Å²) in [4.78, 5) is 75.4. The maximum absolute atomic E-state index is 16.8. The van der Waals surface area contributed by atoms with E-state index in [1.54, 1.807) is 33.9 Å². The highest BCUT2D eigenvalue weighted by Gasteiger charge is 2.56. The van der Waals surface area contributed by atoms with Gasteiger partial charge in [0.2, 0.25) is 18.0 Å². The van der Waals surface area contributed by atoms with Gasteiger partial charge in [-0.25, -0.2) is 28.9 Å². The predicted octanol–water partition coefficient (Wildman–Crippen LogP) is 8.73. The summed E-state index contributed by atoms with van der Waals surface area (Å²) in [5.41, 5.74) is 3.13. The van der Waals surface area contributed by atoms with Gasteiger partial charge in [-0.15, -0.1) is 11.3 Å². The fourth-order valence-corrected chi connectivity index (χ4v) is 11.0. The van der Waals surface area contributed by atoms with E-state index < -0.39 is 53.5 Å². The van der Waals surface area contributed by atoms with Gasteiger partial charge in [0.05, 0.1) is 71.7 Å². The number of likely N-dealkylation sites (tertiary alicyclic amines) is 2. The Bertz CT molecular complexity index is 3030. The zero-order valence-electron chi connectivity index (χ0n) is 38.9. The summed E-state index contributed by atoms with van der Waals surface area (Å²) < 4.78 is 76.5. The van der Waals surface area contributed by atoms with Crippen molar-refractivity contribution in [2.75, 3.05) is 20.8 Å². The van der Waals surface area contributed by atoms with Crippen LogP contribution in [0.3, 0.4) is 0 Å². The van der Waals surface area contributed by atoms with E-state index in [1.165, 1.54) is 26.5 Å². The molecule has 17 nitrogen and oxygen atoms in total. The van der Waals surface area contributed by atoms with Crippen LogP contribution < -0.4 is 15.4 Å². The quantitative estimate of drug-likeness (QED) is 0.0910. The molecule has 7 heterocycles. The number of carbonyl (C=O) groups excluding carboxylic acids is 4. The minimum Gasteiger partial charge on any atom is -0.464 e. The molecular formula is C48H50F4N10O7S. The lowest BCUT2D eigenvalue weighted by Gasteiger charge is -2.31. The Balaban J connectivity index is 0.975. The summed E-state index contributed by atoms with van der Waals surface area (Å²) in [6.45, 7) is 7.79. The molecule has 1 saturated carbocycles. The van der Waals surface area contributed by atoms with Crippen molar-refractivity contribution in [3.05, 3.63) is 82.3 Å². The number of methoxy groups -OCH3 is 2. The molecule has 10 rings (SSSR count). The molecule has 2 saturated heterocycles. The average Bonchev–Trinajstić information content (AvgIpc) is 4.09. The predicted molar refractivity (Wildman–Crippen MR) is 246 cm³/mol. The first-order valence-electron chi connectivity index (χ1n) is 23.0. The first-order valence-corrected chi connectivity index (χ1v) is 23.9. The Labute approximate surface area is 402 Å². The molecular weight excluding hydrogens is 937 g/mol. The van der Waals surface area contributed by atoms with Crippen LogP contribution in [0.2, 0.25) is 0 Å². The number of fused-ring (bicyclic) bond motifs is 6. The van der Waals surface area contributed by atoms with Gasteiger partial charge < -0.3 is 44.6 Å². The maximum Gasteiger partial charge on any atom is 0.443 e. The minimum atomic E-state index is -4.71. The smallest absolute Gasteiger partial charge is 0.443 e. The van der Waals surface area contributed by atoms with Crippen LogP contribution >= 0.6 is 11.3 Å². The highest BCUT2D eigenvalue weighted by molar-refractivity contribution is 7.11. The van der Waals surface area contributed by atoms with Crippen molar-refractivity contribution in [2.45, 2.75) is 96.0 Å². The number of alkyl halides is 3. The van der Waals surface area contributed by atoms with Crippen LogP contribution in [-0.2, 0) is 25.2 Å². The van der Waals surface area contributed by atoms with Gasteiger partial charge in [0.25, 0.3) is 0 Å². The number of hydrogen-bond donors (Lipinski definition) is 4. The van der Waals surface area contributed by atoms with Gasteiger partial charge in [0.15, 0.2) is 5.01 Å². The summed E-state index contributed by atoms with van der Waals surface area (Å²) in [5, 5.41) is 4.90. The van der Waals surface area contributed by atoms with Crippen molar-refractivity contribution in [3.63, 3.8) is 0 Å². The number of carbonyl (C=O) groups is 4.